The molecule has 2 fully saturated rings. The largest absolute Gasteiger partial charge is 0.445 e. The van der Waals surface area contributed by atoms with Crippen molar-refractivity contribution in [2.24, 2.45) is 5.92 Å². The number of carbonyl (C=O) groups excluding carboxylic acids is 1. The van der Waals surface area contributed by atoms with Crippen molar-refractivity contribution >= 4 is 6.09 Å². The van der Waals surface area contributed by atoms with Gasteiger partial charge in [-0.05, 0) is 43.6 Å². The first-order valence-corrected chi connectivity index (χ1v) is 7.88. The van der Waals surface area contributed by atoms with Crippen LogP contribution in [-0.4, -0.2) is 34.8 Å². The first kappa shape index (κ1) is 14.4. The first-order chi connectivity index (χ1) is 10.3. The highest BCUT2D eigenvalue weighted by Gasteiger charge is 2.43. The number of amides is 1. The van der Waals surface area contributed by atoms with Crippen LogP contribution in [0.3, 0.4) is 0 Å². The van der Waals surface area contributed by atoms with Crippen LogP contribution in [0.2, 0.25) is 0 Å². The van der Waals surface area contributed by atoms with Crippen molar-refractivity contribution in [1.82, 2.24) is 4.90 Å². The molecule has 2 aliphatic heterocycles. The number of hydrogen-bond acceptors (Lipinski definition) is 3. The topological polar surface area (TPSA) is 49.8 Å². The maximum Gasteiger partial charge on any atom is 0.410 e. The number of aliphatic hydroxyl groups excluding tert-OH is 1. The molecule has 3 rings (SSSR count). The molecule has 1 N–H and O–H groups in total. The highest BCUT2D eigenvalue weighted by atomic mass is 16.6. The molecule has 2 heterocycles. The van der Waals surface area contributed by atoms with Crippen LogP contribution in [0.1, 0.15) is 37.7 Å². The predicted octanol–water partition coefficient (Wildman–Crippen LogP) is 2.95. The maximum atomic E-state index is 12.4. The highest BCUT2D eigenvalue weighted by Crippen LogP contribution is 2.40. The van der Waals surface area contributed by atoms with Crippen molar-refractivity contribution in [1.29, 1.82) is 0 Å². The summed E-state index contributed by atoms with van der Waals surface area (Å²) in [4.78, 5) is 14.3. The second kappa shape index (κ2) is 6.48. The van der Waals surface area contributed by atoms with Crippen LogP contribution >= 0.6 is 0 Å². The predicted molar refractivity (Wildman–Crippen MR) is 79.7 cm³/mol. The molecule has 4 heteroatoms. The molecule has 0 saturated carbocycles. The fraction of sp³-hybridized carbons (Fsp3) is 0.588. The monoisotopic (exact) mass is 289 g/mol. The number of ether oxygens (including phenoxy) is 1. The molecular formula is C17H23NO3. The summed E-state index contributed by atoms with van der Waals surface area (Å²) in [6.45, 7) is 0.595. The van der Waals surface area contributed by atoms with E-state index in [2.05, 4.69) is 0 Å². The van der Waals surface area contributed by atoms with Crippen LogP contribution in [0.4, 0.5) is 4.79 Å². The van der Waals surface area contributed by atoms with Gasteiger partial charge in [0.05, 0.1) is 0 Å². The van der Waals surface area contributed by atoms with Gasteiger partial charge < -0.3 is 14.7 Å². The maximum absolute atomic E-state index is 12.4. The zero-order chi connectivity index (χ0) is 14.7. The van der Waals surface area contributed by atoms with E-state index in [1.54, 1.807) is 0 Å². The second-order valence-corrected chi connectivity index (χ2v) is 6.18. The van der Waals surface area contributed by atoms with Crippen LogP contribution in [0.25, 0.3) is 0 Å². The van der Waals surface area contributed by atoms with Gasteiger partial charge in [-0.3, -0.25) is 0 Å². The van der Waals surface area contributed by atoms with Crippen molar-refractivity contribution in [2.45, 2.75) is 50.8 Å². The van der Waals surface area contributed by atoms with Gasteiger partial charge in [0.1, 0.15) is 6.61 Å². The molecule has 2 unspecified atom stereocenters. The lowest BCUT2D eigenvalue weighted by molar-refractivity contribution is 0.0494. The average molecular weight is 289 g/mol. The molecule has 1 aromatic rings. The van der Waals surface area contributed by atoms with Crippen LogP contribution in [0, 0.1) is 5.92 Å². The Morgan fingerprint density at radius 2 is 1.86 bits per heavy atom. The number of aliphatic hydroxyl groups is 1. The van der Waals surface area contributed by atoms with Crippen LogP contribution in [0.15, 0.2) is 30.3 Å². The lowest BCUT2D eigenvalue weighted by atomic mass is 9.89. The highest BCUT2D eigenvalue weighted by molar-refractivity contribution is 5.69. The average Bonchev–Trinajstić information content (AvgIpc) is 2.78. The molecule has 114 valence electrons. The number of benzene rings is 1. The third-order valence-electron chi connectivity index (χ3n) is 4.78. The summed E-state index contributed by atoms with van der Waals surface area (Å²) >= 11 is 0. The van der Waals surface area contributed by atoms with E-state index in [0.29, 0.717) is 24.6 Å². The van der Waals surface area contributed by atoms with Gasteiger partial charge in [-0.1, -0.05) is 30.3 Å². The van der Waals surface area contributed by atoms with E-state index in [-0.39, 0.29) is 12.7 Å². The first-order valence-electron chi connectivity index (χ1n) is 7.88. The summed E-state index contributed by atoms with van der Waals surface area (Å²) in [5, 5.41) is 9.09. The Hall–Kier alpha value is -1.55. The minimum absolute atomic E-state index is 0.172. The van der Waals surface area contributed by atoms with E-state index >= 15 is 0 Å². The standard InChI is InChI=1S/C17H23NO3/c19-9-8-14-10-15-6-7-16(11-14)18(15)17(20)21-12-13-4-2-1-3-5-13/h1-5,14-16,19H,6-12H2. The molecule has 2 bridgehead atoms. The molecule has 4 nitrogen and oxygen atoms in total. The number of piperidine rings is 1. The van der Waals surface area contributed by atoms with Gasteiger partial charge in [0.25, 0.3) is 0 Å². The Kier molecular flexibility index (Phi) is 4.44. The molecule has 0 spiro atoms. The SMILES string of the molecule is O=C(OCc1ccccc1)N1C2CCC1CC(CCO)C2. The minimum Gasteiger partial charge on any atom is -0.445 e. The molecule has 2 saturated heterocycles. The summed E-state index contributed by atoms with van der Waals surface area (Å²) in [5.41, 5.74) is 1.02. The Morgan fingerprint density at radius 1 is 1.19 bits per heavy atom. The quantitative estimate of drug-likeness (QED) is 0.927. The Labute approximate surface area is 125 Å². The normalized spacial score (nSPS) is 27.7. The fourth-order valence-electron chi connectivity index (χ4n) is 3.80. The minimum atomic E-state index is -0.172. The van der Waals surface area contributed by atoms with E-state index in [4.69, 9.17) is 9.84 Å². The van der Waals surface area contributed by atoms with Crippen LogP contribution in [-0.2, 0) is 11.3 Å². The molecule has 1 aromatic carbocycles. The van der Waals surface area contributed by atoms with E-state index in [1.165, 1.54) is 0 Å². The van der Waals surface area contributed by atoms with Crippen LogP contribution in [0.5, 0.6) is 0 Å². The smallest absolute Gasteiger partial charge is 0.410 e. The number of nitrogens with zero attached hydrogens (tertiary/aromatic N) is 1. The van der Waals surface area contributed by atoms with Gasteiger partial charge in [0.15, 0.2) is 0 Å². The van der Waals surface area contributed by atoms with Crippen molar-refractivity contribution < 1.29 is 14.6 Å². The molecular weight excluding hydrogens is 266 g/mol. The van der Waals surface area contributed by atoms with Gasteiger partial charge in [-0.2, -0.15) is 0 Å². The van der Waals surface area contributed by atoms with Gasteiger partial charge in [0, 0.05) is 18.7 Å². The van der Waals surface area contributed by atoms with Gasteiger partial charge in [-0.15, -0.1) is 0 Å². The van der Waals surface area contributed by atoms with E-state index in [1.807, 2.05) is 35.2 Å². The molecule has 2 aliphatic rings. The van der Waals surface area contributed by atoms with Gasteiger partial charge in [0.2, 0.25) is 0 Å². The molecule has 0 radical (unpaired) electrons. The van der Waals surface area contributed by atoms with E-state index in [9.17, 15) is 4.79 Å². The Balaban J connectivity index is 1.56. The lowest BCUT2D eigenvalue weighted by Gasteiger charge is -2.38. The van der Waals surface area contributed by atoms with Crippen LogP contribution < -0.4 is 0 Å². The zero-order valence-corrected chi connectivity index (χ0v) is 12.3. The van der Waals surface area contributed by atoms with Crippen molar-refractivity contribution in [3.05, 3.63) is 35.9 Å². The van der Waals surface area contributed by atoms with E-state index in [0.717, 1.165) is 37.7 Å². The molecule has 0 aliphatic carbocycles. The summed E-state index contributed by atoms with van der Waals surface area (Å²) < 4.78 is 5.48. The molecule has 21 heavy (non-hydrogen) atoms. The van der Waals surface area contributed by atoms with Crippen molar-refractivity contribution in [3.8, 4) is 0 Å². The van der Waals surface area contributed by atoms with Gasteiger partial charge in [-0.25, -0.2) is 4.79 Å². The third-order valence-corrected chi connectivity index (χ3v) is 4.78. The Morgan fingerprint density at radius 3 is 2.48 bits per heavy atom. The number of carbonyl (C=O) groups is 1. The summed E-state index contributed by atoms with van der Waals surface area (Å²) in [5.74, 6) is 0.561. The second-order valence-electron chi connectivity index (χ2n) is 6.18. The third kappa shape index (κ3) is 3.21. The number of hydrogen-bond donors (Lipinski definition) is 1. The van der Waals surface area contributed by atoms with Crippen molar-refractivity contribution in [3.63, 3.8) is 0 Å². The number of rotatable bonds is 4. The van der Waals surface area contributed by atoms with E-state index < -0.39 is 0 Å². The van der Waals surface area contributed by atoms with Gasteiger partial charge >= 0.3 is 6.09 Å². The summed E-state index contributed by atoms with van der Waals surface area (Å²) in [7, 11) is 0. The molecule has 1 amide bonds. The molecule has 0 aromatic heterocycles. The Bertz CT molecular complexity index is 462. The summed E-state index contributed by atoms with van der Waals surface area (Å²) in [6, 6.07) is 10.4. The fourth-order valence-corrected chi connectivity index (χ4v) is 3.80. The summed E-state index contributed by atoms with van der Waals surface area (Å²) in [6.07, 6.45) is 4.86. The molecule has 2 atom stereocenters. The number of fused-ring (bicyclic) bond motifs is 2. The zero-order valence-electron chi connectivity index (χ0n) is 12.3. The van der Waals surface area contributed by atoms with Crippen molar-refractivity contribution in [2.75, 3.05) is 6.61 Å². The lowest BCUT2D eigenvalue weighted by Crippen LogP contribution is -2.46.